The molecular weight excluding hydrogens is 420 g/mol. The highest BCUT2D eigenvalue weighted by atomic mass is 35.5. The second-order valence-electron chi connectivity index (χ2n) is 7.16. The number of nitrogens with two attached hydrogens (primary N) is 1. The molecule has 0 fully saturated rings. The number of anilines is 1. The Morgan fingerprint density at radius 3 is 2.58 bits per heavy atom. The van der Waals surface area contributed by atoms with E-state index in [9.17, 15) is 14.9 Å². The van der Waals surface area contributed by atoms with Crippen LogP contribution < -0.4 is 11.1 Å². The van der Waals surface area contributed by atoms with Crippen molar-refractivity contribution in [3.63, 3.8) is 0 Å². The number of hydrogen-bond donors (Lipinski definition) is 2. The summed E-state index contributed by atoms with van der Waals surface area (Å²) in [5, 5.41) is 14.3. The number of carbonyl (C=O) groups is 1. The van der Waals surface area contributed by atoms with E-state index in [1.165, 1.54) is 16.7 Å². The quantitative estimate of drug-likeness (QED) is 0.354. The number of para-hydroxylation sites is 2. The Morgan fingerprint density at radius 2 is 1.94 bits per heavy atom. The molecule has 1 unspecified atom stereocenters. The van der Waals surface area contributed by atoms with Crippen molar-refractivity contribution in [2.75, 3.05) is 5.73 Å². The van der Waals surface area contributed by atoms with Gasteiger partial charge in [0.25, 0.3) is 11.6 Å². The highest BCUT2D eigenvalue weighted by Gasteiger charge is 2.26. The van der Waals surface area contributed by atoms with Crippen LogP contribution in [0, 0.1) is 10.1 Å². The summed E-state index contributed by atoms with van der Waals surface area (Å²) in [6.45, 7) is 3.84. The van der Waals surface area contributed by atoms with Crippen molar-refractivity contribution in [1.82, 2.24) is 19.9 Å². The lowest BCUT2D eigenvalue weighted by Gasteiger charge is -2.11. The minimum absolute atomic E-state index is 0.00458. The summed E-state index contributed by atoms with van der Waals surface area (Å²) in [6, 6.07) is 11.4. The number of benzene rings is 2. The maximum atomic E-state index is 13.1. The SMILES string of the molecule is CCC(C)NC(=O)c1c(N)n(-c2ccc(Cl)c([N+](=O)[O-])c2)c2nc3ccccc3nc12. The number of amides is 1. The number of nitro groups is 1. The summed E-state index contributed by atoms with van der Waals surface area (Å²) >= 11 is 5.97. The molecule has 4 rings (SSSR count). The van der Waals surface area contributed by atoms with E-state index >= 15 is 0 Å². The molecule has 0 aliphatic carbocycles. The molecule has 9 nitrogen and oxygen atoms in total. The summed E-state index contributed by atoms with van der Waals surface area (Å²) in [5.41, 5.74) is 8.50. The Bertz CT molecular complexity index is 1350. The van der Waals surface area contributed by atoms with E-state index < -0.39 is 4.92 Å². The molecule has 31 heavy (non-hydrogen) atoms. The summed E-state index contributed by atoms with van der Waals surface area (Å²) in [6.07, 6.45) is 0.738. The molecule has 0 aliphatic rings. The van der Waals surface area contributed by atoms with Crippen LogP contribution in [0.2, 0.25) is 5.02 Å². The van der Waals surface area contributed by atoms with E-state index in [0.29, 0.717) is 27.9 Å². The summed E-state index contributed by atoms with van der Waals surface area (Å²) in [7, 11) is 0. The first kappa shape index (κ1) is 20.5. The minimum Gasteiger partial charge on any atom is -0.384 e. The lowest BCUT2D eigenvalue weighted by atomic mass is 10.2. The molecule has 0 saturated heterocycles. The van der Waals surface area contributed by atoms with Gasteiger partial charge in [0.05, 0.1) is 21.6 Å². The zero-order valence-corrected chi connectivity index (χ0v) is 17.6. The molecule has 4 aromatic rings. The van der Waals surface area contributed by atoms with Crippen LogP contribution in [0.5, 0.6) is 0 Å². The third-order valence-electron chi connectivity index (χ3n) is 5.10. The first-order valence-corrected chi connectivity index (χ1v) is 10.0. The van der Waals surface area contributed by atoms with Gasteiger partial charge in [-0.3, -0.25) is 19.5 Å². The predicted octanol–water partition coefficient (Wildman–Crippen LogP) is 4.25. The van der Waals surface area contributed by atoms with Crippen molar-refractivity contribution < 1.29 is 9.72 Å². The number of nitrogens with zero attached hydrogens (tertiary/aromatic N) is 4. The van der Waals surface area contributed by atoms with Gasteiger partial charge in [-0.05, 0) is 37.6 Å². The van der Waals surface area contributed by atoms with Gasteiger partial charge >= 0.3 is 0 Å². The number of nitrogen functional groups attached to an aromatic ring is 1. The molecule has 158 valence electrons. The van der Waals surface area contributed by atoms with Crippen LogP contribution in [0.15, 0.2) is 42.5 Å². The van der Waals surface area contributed by atoms with Crippen LogP contribution in [0.25, 0.3) is 27.9 Å². The van der Waals surface area contributed by atoms with E-state index in [1.54, 1.807) is 18.2 Å². The van der Waals surface area contributed by atoms with Crippen molar-refractivity contribution >= 4 is 51.2 Å². The average molecular weight is 439 g/mol. The topological polar surface area (TPSA) is 129 Å². The molecule has 2 heterocycles. The Morgan fingerprint density at radius 1 is 1.26 bits per heavy atom. The number of halogens is 1. The largest absolute Gasteiger partial charge is 0.384 e. The normalized spacial score (nSPS) is 12.2. The van der Waals surface area contributed by atoms with Gasteiger partial charge in [0.15, 0.2) is 5.65 Å². The summed E-state index contributed by atoms with van der Waals surface area (Å²) in [4.78, 5) is 33.1. The Kier molecular flexibility index (Phi) is 5.20. The average Bonchev–Trinajstić information content (AvgIpc) is 3.03. The molecule has 0 bridgehead atoms. The van der Waals surface area contributed by atoms with Gasteiger partial charge in [-0.1, -0.05) is 30.7 Å². The van der Waals surface area contributed by atoms with Gasteiger partial charge < -0.3 is 11.1 Å². The van der Waals surface area contributed by atoms with E-state index in [-0.39, 0.29) is 34.0 Å². The molecule has 1 atom stereocenters. The maximum Gasteiger partial charge on any atom is 0.289 e. The van der Waals surface area contributed by atoms with Gasteiger partial charge in [-0.25, -0.2) is 9.97 Å². The van der Waals surface area contributed by atoms with Crippen molar-refractivity contribution in [2.45, 2.75) is 26.3 Å². The monoisotopic (exact) mass is 438 g/mol. The Balaban J connectivity index is 2.04. The van der Waals surface area contributed by atoms with Gasteiger partial charge in [0.1, 0.15) is 21.9 Å². The van der Waals surface area contributed by atoms with Gasteiger partial charge in [0, 0.05) is 12.1 Å². The number of hydrogen-bond acceptors (Lipinski definition) is 6. The van der Waals surface area contributed by atoms with Crippen molar-refractivity contribution in [2.24, 2.45) is 0 Å². The lowest BCUT2D eigenvalue weighted by molar-refractivity contribution is -0.384. The fourth-order valence-electron chi connectivity index (χ4n) is 3.32. The molecule has 0 saturated carbocycles. The van der Waals surface area contributed by atoms with Crippen LogP contribution in [0.1, 0.15) is 30.6 Å². The van der Waals surface area contributed by atoms with Crippen LogP contribution >= 0.6 is 11.6 Å². The van der Waals surface area contributed by atoms with E-state index in [2.05, 4.69) is 15.3 Å². The number of nitrogens with one attached hydrogen (secondary N) is 1. The van der Waals surface area contributed by atoms with Crippen LogP contribution in [-0.4, -0.2) is 31.4 Å². The molecular formula is C21H19ClN6O3. The second-order valence-corrected chi connectivity index (χ2v) is 7.56. The second kappa shape index (κ2) is 7.84. The van der Waals surface area contributed by atoms with Gasteiger partial charge in [-0.15, -0.1) is 0 Å². The highest BCUT2D eigenvalue weighted by molar-refractivity contribution is 6.32. The minimum atomic E-state index is -0.578. The number of rotatable bonds is 5. The first-order valence-electron chi connectivity index (χ1n) is 9.63. The summed E-state index contributed by atoms with van der Waals surface area (Å²) < 4.78 is 1.49. The zero-order chi connectivity index (χ0) is 22.3. The van der Waals surface area contributed by atoms with Crippen molar-refractivity contribution in [3.05, 3.63) is 63.2 Å². The van der Waals surface area contributed by atoms with Gasteiger partial charge in [0.2, 0.25) is 0 Å². The van der Waals surface area contributed by atoms with E-state index in [1.807, 2.05) is 26.0 Å². The molecule has 3 N–H and O–H groups in total. The van der Waals surface area contributed by atoms with E-state index in [4.69, 9.17) is 17.3 Å². The predicted molar refractivity (Wildman–Crippen MR) is 120 cm³/mol. The Hall–Kier alpha value is -3.72. The molecule has 0 aliphatic heterocycles. The maximum absolute atomic E-state index is 13.1. The lowest BCUT2D eigenvalue weighted by Crippen LogP contribution is -2.32. The first-order chi connectivity index (χ1) is 14.8. The van der Waals surface area contributed by atoms with Crippen molar-refractivity contribution in [1.29, 1.82) is 0 Å². The Labute approximate surface area is 182 Å². The molecule has 1 amide bonds. The molecule has 2 aromatic heterocycles. The molecule has 2 aromatic carbocycles. The summed E-state index contributed by atoms with van der Waals surface area (Å²) in [5.74, 6) is -0.300. The third kappa shape index (κ3) is 3.53. The number of nitro benzene ring substituents is 1. The smallest absolute Gasteiger partial charge is 0.289 e. The molecule has 10 heteroatoms. The fourth-order valence-corrected chi connectivity index (χ4v) is 3.51. The van der Waals surface area contributed by atoms with Crippen molar-refractivity contribution in [3.8, 4) is 5.69 Å². The van der Waals surface area contributed by atoms with Gasteiger partial charge in [-0.2, -0.15) is 0 Å². The highest BCUT2D eigenvalue weighted by Crippen LogP contribution is 2.34. The number of carbonyl (C=O) groups excluding carboxylic acids is 1. The standard InChI is InChI=1S/C21H19ClN6O3/c1-3-11(2)24-21(29)17-18-20(26-15-7-5-4-6-14(15)25-18)27(19(17)23)12-8-9-13(22)16(10-12)28(30)31/h4-11H,3,23H2,1-2H3,(H,24,29). The third-order valence-corrected chi connectivity index (χ3v) is 5.42. The van der Waals surface area contributed by atoms with Crippen LogP contribution in [0.4, 0.5) is 11.5 Å². The fraction of sp³-hybridized carbons (Fsp3) is 0.190. The molecule has 0 radical (unpaired) electrons. The van der Waals surface area contributed by atoms with Crippen LogP contribution in [-0.2, 0) is 0 Å². The number of aromatic nitrogens is 3. The molecule has 0 spiro atoms. The number of fused-ring (bicyclic) bond motifs is 2. The van der Waals surface area contributed by atoms with Crippen LogP contribution in [0.3, 0.4) is 0 Å². The zero-order valence-electron chi connectivity index (χ0n) is 16.8. The van der Waals surface area contributed by atoms with E-state index in [0.717, 1.165) is 6.42 Å².